The molecular weight excluding hydrogens is 278 g/mol. The number of nitrogens with zero attached hydrogens (tertiary/aromatic N) is 1. The van der Waals surface area contributed by atoms with Gasteiger partial charge in [0.25, 0.3) is 0 Å². The summed E-state index contributed by atoms with van der Waals surface area (Å²) in [6.07, 6.45) is 0. The van der Waals surface area contributed by atoms with Crippen molar-refractivity contribution in [1.82, 2.24) is 0 Å². The van der Waals surface area contributed by atoms with Crippen LogP contribution in [0.1, 0.15) is 18.1 Å². The Labute approximate surface area is 131 Å². The molecular formula is C18H21NOS. The topological polar surface area (TPSA) is 20.3 Å². The molecule has 3 heteroatoms. The lowest BCUT2D eigenvalue weighted by molar-refractivity contribution is -0.116. The van der Waals surface area contributed by atoms with E-state index in [1.54, 1.807) is 11.8 Å². The summed E-state index contributed by atoms with van der Waals surface area (Å²) in [5.74, 6) is 0.614. The van der Waals surface area contributed by atoms with Gasteiger partial charge in [-0.3, -0.25) is 4.79 Å². The van der Waals surface area contributed by atoms with E-state index in [0.29, 0.717) is 12.3 Å². The van der Waals surface area contributed by atoms with E-state index in [4.69, 9.17) is 0 Å². The number of carbonyl (C=O) groups is 1. The molecule has 0 saturated carbocycles. The fourth-order valence-corrected chi connectivity index (χ4v) is 2.98. The average Bonchev–Trinajstić information content (AvgIpc) is 2.49. The van der Waals surface area contributed by atoms with Crippen LogP contribution in [0.15, 0.2) is 53.4 Å². The van der Waals surface area contributed by atoms with E-state index >= 15 is 0 Å². The standard InChI is InChI=1S/C18H21NOS/c1-4-19(17-8-6-5-7-15(17)3)18(20)13-21-16-11-9-14(2)10-12-16/h5-12H,4,13H2,1-3H3. The lowest BCUT2D eigenvalue weighted by Crippen LogP contribution is -2.32. The van der Waals surface area contributed by atoms with Crippen LogP contribution in [0.3, 0.4) is 0 Å². The van der Waals surface area contributed by atoms with Gasteiger partial charge in [-0.2, -0.15) is 0 Å². The van der Waals surface area contributed by atoms with Crippen molar-refractivity contribution in [3.63, 3.8) is 0 Å². The Hall–Kier alpha value is -1.74. The molecule has 1 amide bonds. The van der Waals surface area contributed by atoms with E-state index < -0.39 is 0 Å². The highest BCUT2D eigenvalue weighted by Crippen LogP contribution is 2.23. The van der Waals surface area contributed by atoms with Gasteiger partial charge < -0.3 is 4.90 Å². The zero-order valence-corrected chi connectivity index (χ0v) is 13.6. The molecule has 0 saturated heterocycles. The van der Waals surface area contributed by atoms with Gasteiger partial charge in [-0.25, -0.2) is 0 Å². The lowest BCUT2D eigenvalue weighted by atomic mass is 10.2. The number of aryl methyl sites for hydroxylation is 2. The third-order valence-corrected chi connectivity index (χ3v) is 4.40. The molecule has 0 fully saturated rings. The molecule has 2 rings (SSSR count). The number of carbonyl (C=O) groups excluding carboxylic acids is 1. The highest BCUT2D eigenvalue weighted by molar-refractivity contribution is 8.00. The van der Waals surface area contributed by atoms with Crippen LogP contribution in [0.2, 0.25) is 0 Å². The van der Waals surface area contributed by atoms with Gasteiger partial charge in [-0.1, -0.05) is 35.9 Å². The van der Waals surface area contributed by atoms with Gasteiger partial charge in [0.2, 0.25) is 5.91 Å². The average molecular weight is 299 g/mol. The molecule has 0 atom stereocenters. The molecule has 21 heavy (non-hydrogen) atoms. The number of rotatable bonds is 5. The van der Waals surface area contributed by atoms with Gasteiger partial charge in [-0.15, -0.1) is 11.8 Å². The van der Waals surface area contributed by atoms with Crippen molar-refractivity contribution in [3.8, 4) is 0 Å². The third-order valence-electron chi connectivity index (χ3n) is 3.41. The highest BCUT2D eigenvalue weighted by atomic mass is 32.2. The molecule has 0 aliphatic heterocycles. The van der Waals surface area contributed by atoms with Gasteiger partial charge >= 0.3 is 0 Å². The monoisotopic (exact) mass is 299 g/mol. The van der Waals surface area contributed by atoms with Crippen molar-refractivity contribution in [2.45, 2.75) is 25.7 Å². The molecule has 0 aliphatic rings. The molecule has 0 aliphatic carbocycles. The summed E-state index contributed by atoms with van der Waals surface area (Å²) < 4.78 is 0. The largest absolute Gasteiger partial charge is 0.312 e. The summed E-state index contributed by atoms with van der Waals surface area (Å²) >= 11 is 1.59. The van der Waals surface area contributed by atoms with Crippen LogP contribution in [-0.4, -0.2) is 18.2 Å². The Kier molecular flexibility index (Phi) is 5.45. The molecule has 0 spiro atoms. The Morgan fingerprint density at radius 2 is 1.71 bits per heavy atom. The summed E-state index contributed by atoms with van der Waals surface area (Å²) in [7, 11) is 0. The smallest absolute Gasteiger partial charge is 0.237 e. The van der Waals surface area contributed by atoms with Crippen molar-refractivity contribution < 1.29 is 4.79 Å². The molecule has 0 radical (unpaired) electrons. The van der Waals surface area contributed by atoms with Crippen LogP contribution in [0.4, 0.5) is 5.69 Å². The molecule has 0 bridgehead atoms. The molecule has 0 heterocycles. The van der Waals surface area contributed by atoms with Crippen molar-refractivity contribution in [1.29, 1.82) is 0 Å². The number of benzene rings is 2. The molecule has 0 aromatic heterocycles. The van der Waals surface area contributed by atoms with Gasteiger partial charge in [0, 0.05) is 17.1 Å². The van der Waals surface area contributed by atoms with Crippen molar-refractivity contribution in [2.24, 2.45) is 0 Å². The van der Waals surface area contributed by atoms with Crippen LogP contribution >= 0.6 is 11.8 Å². The lowest BCUT2D eigenvalue weighted by Gasteiger charge is -2.22. The predicted molar refractivity (Wildman–Crippen MR) is 91.1 cm³/mol. The summed E-state index contributed by atoms with van der Waals surface area (Å²) in [4.78, 5) is 15.5. The number of hydrogen-bond donors (Lipinski definition) is 0. The fraction of sp³-hybridized carbons (Fsp3) is 0.278. The SMILES string of the molecule is CCN(C(=O)CSc1ccc(C)cc1)c1ccccc1C. The van der Waals surface area contributed by atoms with Crippen LogP contribution in [0.25, 0.3) is 0 Å². The minimum Gasteiger partial charge on any atom is -0.312 e. The summed E-state index contributed by atoms with van der Waals surface area (Å²) in [5.41, 5.74) is 3.38. The maximum Gasteiger partial charge on any atom is 0.237 e. The number of thioether (sulfide) groups is 1. The second-order valence-corrected chi connectivity index (χ2v) is 6.07. The Balaban J connectivity index is 2.04. The highest BCUT2D eigenvalue weighted by Gasteiger charge is 2.15. The first kappa shape index (κ1) is 15.6. The predicted octanol–water partition coefficient (Wildman–Crippen LogP) is 4.45. The zero-order valence-electron chi connectivity index (χ0n) is 12.8. The van der Waals surface area contributed by atoms with Crippen LogP contribution in [-0.2, 0) is 4.79 Å². The Morgan fingerprint density at radius 1 is 1.05 bits per heavy atom. The van der Waals surface area contributed by atoms with Gasteiger partial charge in [0.1, 0.15) is 0 Å². The number of hydrogen-bond acceptors (Lipinski definition) is 2. The van der Waals surface area contributed by atoms with Crippen molar-refractivity contribution in [2.75, 3.05) is 17.2 Å². The van der Waals surface area contributed by atoms with Crippen LogP contribution in [0.5, 0.6) is 0 Å². The summed E-state index contributed by atoms with van der Waals surface area (Å²) in [5, 5.41) is 0. The summed E-state index contributed by atoms with van der Waals surface area (Å²) in [6.45, 7) is 6.81. The number of para-hydroxylation sites is 1. The van der Waals surface area contributed by atoms with Crippen LogP contribution < -0.4 is 4.90 Å². The fourth-order valence-electron chi connectivity index (χ4n) is 2.20. The van der Waals surface area contributed by atoms with E-state index in [2.05, 4.69) is 31.2 Å². The normalized spacial score (nSPS) is 10.4. The van der Waals surface area contributed by atoms with Gasteiger partial charge in [0.05, 0.1) is 5.75 Å². The van der Waals surface area contributed by atoms with Crippen molar-refractivity contribution in [3.05, 3.63) is 59.7 Å². The van der Waals surface area contributed by atoms with E-state index in [0.717, 1.165) is 16.1 Å². The Morgan fingerprint density at radius 3 is 2.33 bits per heavy atom. The molecule has 0 N–H and O–H groups in total. The number of anilines is 1. The maximum atomic E-state index is 12.5. The number of amides is 1. The molecule has 2 aromatic carbocycles. The first-order chi connectivity index (χ1) is 10.1. The minimum atomic E-state index is 0.150. The quantitative estimate of drug-likeness (QED) is 0.760. The second-order valence-electron chi connectivity index (χ2n) is 5.03. The van der Waals surface area contributed by atoms with Crippen molar-refractivity contribution >= 4 is 23.4 Å². The summed E-state index contributed by atoms with van der Waals surface area (Å²) in [6, 6.07) is 16.3. The first-order valence-electron chi connectivity index (χ1n) is 7.17. The first-order valence-corrected chi connectivity index (χ1v) is 8.16. The van der Waals surface area contributed by atoms with E-state index in [1.807, 2.05) is 43.0 Å². The molecule has 2 aromatic rings. The Bertz CT molecular complexity index is 607. The minimum absolute atomic E-state index is 0.150. The molecule has 2 nitrogen and oxygen atoms in total. The second kappa shape index (κ2) is 7.32. The van der Waals surface area contributed by atoms with Crippen LogP contribution in [0, 0.1) is 13.8 Å². The van der Waals surface area contributed by atoms with E-state index in [9.17, 15) is 4.79 Å². The third kappa shape index (κ3) is 4.11. The molecule has 110 valence electrons. The molecule has 0 unspecified atom stereocenters. The zero-order chi connectivity index (χ0) is 15.2. The van der Waals surface area contributed by atoms with Gasteiger partial charge in [0.15, 0.2) is 0 Å². The maximum absolute atomic E-state index is 12.5. The van der Waals surface area contributed by atoms with Gasteiger partial charge in [-0.05, 0) is 44.5 Å². The van der Waals surface area contributed by atoms with E-state index in [1.165, 1.54) is 5.56 Å². The van der Waals surface area contributed by atoms with E-state index in [-0.39, 0.29) is 5.91 Å².